The minimum absolute atomic E-state index is 0.493. The highest BCUT2D eigenvalue weighted by Gasteiger charge is 2.16. The molecule has 0 heterocycles. The maximum absolute atomic E-state index is 6.56. The molecule has 0 saturated heterocycles. The van der Waals surface area contributed by atoms with Crippen LogP contribution in [0.3, 0.4) is 0 Å². The van der Waals surface area contributed by atoms with Gasteiger partial charge in [0, 0.05) is 22.8 Å². The van der Waals surface area contributed by atoms with Gasteiger partial charge in [-0.25, -0.2) is 0 Å². The van der Waals surface area contributed by atoms with Crippen LogP contribution < -0.4 is 4.74 Å². The van der Waals surface area contributed by atoms with Crippen LogP contribution in [0.4, 0.5) is 0 Å². The predicted molar refractivity (Wildman–Crippen MR) is 102 cm³/mol. The Kier molecular flexibility index (Phi) is 6.89. The van der Waals surface area contributed by atoms with E-state index >= 15 is 0 Å². The van der Waals surface area contributed by atoms with E-state index in [9.17, 15) is 0 Å². The summed E-state index contributed by atoms with van der Waals surface area (Å²) in [4.78, 5) is 0. The van der Waals surface area contributed by atoms with E-state index in [4.69, 9.17) is 21.1 Å². The van der Waals surface area contributed by atoms with Gasteiger partial charge in [0.1, 0.15) is 12.4 Å². The first-order valence-corrected chi connectivity index (χ1v) is 8.66. The molecule has 2 nitrogen and oxygen atoms in total. The summed E-state index contributed by atoms with van der Waals surface area (Å²) in [5.74, 6) is 0.853. The summed E-state index contributed by atoms with van der Waals surface area (Å²) in [7, 11) is 0. The van der Waals surface area contributed by atoms with Gasteiger partial charge < -0.3 is 9.47 Å². The first-order valence-electron chi connectivity index (χ1n) is 8.28. The van der Waals surface area contributed by atoms with Crippen molar-refractivity contribution in [2.75, 3.05) is 6.61 Å². The maximum Gasteiger partial charge on any atom is 0.128 e. The molecule has 0 bridgehead atoms. The van der Waals surface area contributed by atoms with Crippen LogP contribution in [0.15, 0.2) is 42.5 Å². The largest absolute Gasteiger partial charge is 0.488 e. The van der Waals surface area contributed by atoms with Crippen LogP contribution in [0.25, 0.3) is 5.57 Å². The average Bonchev–Trinajstić information content (AvgIpc) is 2.61. The third kappa shape index (κ3) is 4.40. The molecule has 2 aromatic carbocycles. The maximum atomic E-state index is 6.56. The van der Waals surface area contributed by atoms with Gasteiger partial charge in [0.2, 0.25) is 0 Å². The zero-order chi connectivity index (χ0) is 17.5. The molecule has 2 aromatic rings. The molecule has 0 radical (unpaired) electrons. The minimum Gasteiger partial charge on any atom is -0.488 e. The molecule has 24 heavy (non-hydrogen) atoms. The zero-order valence-corrected chi connectivity index (χ0v) is 15.6. The minimum atomic E-state index is 0.493. The van der Waals surface area contributed by atoms with E-state index in [-0.39, 0.29) is 0 Å². The number of ether oxygens (including phenoxy) is 2. The Labute approximate surface area is 150 Å². The number of hydrogen-bond donors (Lipinski definition) is 0. The SMILES string of the molecule is CC=C(C)c1c(OCc2ccccc2)cc(COCC)c(Cl)c1C. The lowest BCUT2D eigenvalue weighted by molar-refractivity contribution is 0.134. The molecule has 0 spiro atoms. The molecule has 0 aliphatic heterocycles. The van der Waals surface area contributed by atoms with Gasteiger partial charge in [0.15, 0.2) is 0 Å². The Morgan fingerprint density at radius 3 is 2.50 bits per heavy atom. The highest BCUT2D eigenvalue weighted by molar-refractivity contribution is 6.32. The highest BCUT2D eigenvalue weighted by atomic mass is 35.5. The molecule has 2 rings (SSSR count). The third-order valence-electron chi connectivity index (χ3n) is 4.06. The number of halogens is 1. The van der Waals surface area contributed by atoms with Crippen LogP contribution in [0, 0.1) is 6.92 Å². The lowest BCUT2D eigenvalue weighted by atomic mass is 9.97. The molecule has 0 N–H and O–H groups in total. The van der Waals surface area contributed by atoms with Crippen LogP contribution in [0.2, 0.25) is 5.02 Å². The normalized spacial score (nSPS) is 11.6. The fourth-order valence-electron chi connectivity index (χ4n) is 2.63. The average molecular weight is 345 g/mol. The monoisotopic (exact) mass is 344 g/mol. The Balaban J connectivity index is 2.39. The van der Waals surface area contributed by atoms with Crippen molar-refractivity contribution in [2.24, 2.45) is 0 Å². The van der Waals surface area contributed by atoms with E-state index in [0.29, 0.717) is 19.8 Å². The molecule has 0 unspecified atom stereocenters. The summed E-state index contributed by atoms with van der Waals surface area (Å²) in [6, 6.07) is 12.2. The van der Waals surface area contributed by atoms with Crippen molar-refractivity contribution >= 4 is 17.2 Å². The Morgan fingerprint density at radius 2 is 1.88 bits per heavy atom. The molecule has 0 aromatic heterocycles. The van der Waals surface area contributed by atoms with Gasteiger partial charge in [-0.05, 0) is 50.5 Å². The van der Waals surface area contributed by atoms with Gasteiger partial charge >= 0.3 is 0 Å². The second kappa shape index (κ2) is 8.91. The van der Waals surface area contributed by atoms with Gasteiger partial charge in [-0.3, -0.25) is 0 Å². The predicted octanol–water partition coefficient (Wildman–Crippen LogP) is 6.19. The molecule has 0 amide bonds. The van der Waals surface area contributed by atoms with Crippen LogP contribution >= 0.6 is 11.6 Å². The third-order valence-corrected chi connectivity index (χ3v) is 4.59. The smallest absolute Gasteiger partial charge is 0.128 e. The molecule has 0 atom stereocenters. The van der Waals surface area contributed by atoms with E-state index in [1.807, 2.05) is 45.0 Å². The zero-order valence-electron chi connectivity index (χ0n) is 14.9. The molecule has 0 saturated carbocycles. The number of allylic oxidation sites excluding steroid dienone is 2. The van der Waals surface area contributed by atoms with Crippen molar-refractivity contribution < 1.29 is 9.47 Å². The molecule has 128 valence electrons. The molecule has 0 aliphatic rings. The lowest BCUT2D eigenvalue weighted by Crippen LogP contribution is -2.03. The topological polar surface area (TPSA) is 18.5 Å². The summed E-state index contributed by atoms with van der Waals surface area (Å²) >= 11 is 6.56. The van der Waals surface area contributed by atoms with E-state index in [0.717, 1.165) is 38.6 Å². The van der Waals surface area contributed by atoms with Crippen molar-refractivity contribution in [1.29, 1.82) is 0 Å². The summed E-state index contributed by atoms with van der Waals surface area (Å²) in [6.45, 7) is 9.80. The Morgan fingerprint density at radius 1 is 1.17 bits per heavy atom. The van der Waals surface area contributed by atoms with Gasteiger partial charge in [-0.1, -0.05) is 48.0 Å². The van der Waals surface area contributed by atoms with Gasteiger partial charge in [0.25, 0.3) is 0 Å². The summed E-state index contributed by atoms with van der Waals surface area (Å²) in [6.07, 6.45) is 2.08. The van der Waals surface area contributed by atoms with Crippen molar-refractivity contribution in [3.63, 3.8) is 0 Å². The molecular formula is C21H25ClO2. The van der Waals surface area contributed by atoms with Crippen molar-refractivity contribution in [2.45, 2.75) is 40.9 Å². The van der Waals surface area contributed by atoms with Crippen LogP contribution in [0.5, 0.6) is 5.75 Å². The molecule has 0 aliphatic carbocycles. The fraction of sp³-hybridized carbons (Fsp3) is 0.333. The summed E-state index contributed by atoms with van der Waals surface area (Å²) < 4.78 is 11.7. The number of benzene rings is 2. The van der Waals surface area contributed by atoms with E-state index in [1.54, 1.807) is 0 Å². The molecule has 3 heteroatoms. The Bertz CT molecular complexity index is 706. The van der Waals surface area contributed by atoms with E-state index in [2.05, 4.69) is 25.1 Å². The standard InChI is InChI=1S/C21H25ClO2/c1-5-15(3)20-16(4)21(22)18(14-23-6-2)12-19(20)24-13-17-10-8-7-9-11-17/h5,7-12H,6,13-14H2,1-4H3. The molecular weight excluding hydrogens is 320 g/mol. The number of hydrogen-bond acceptors (Lipinski definition) is 2. The van der Waals surface area contributed by atoms with Crippen LogP contribution in [0.1, 0.15) is 43.0 Å². The summed E-state index contributed by atoms with van der Waals surface area (Å²) in [5.41, 5.74) is 5.36. The summed E-state index contributed by atoms with van der Waals surface area (Å²) in [5, 5.41) is 0.756. The van der Waals surface area contributed by atoms with Gasteiger partial charge in [-0.2, -0.15) is 0 Å². The van der Waals surface area contributed by atoms with Crippen molar-refractivity contribution in [3.05, 3.63) is 69.8 Å². The van der Waals surface area contributed by atoms with Gasteiger partial charge in [0.05, 0.1) is 6.61 Å². The van der Waals surface area contributed by atoms with Crippen LogP contribution in [-0.4, -0.2) is 6.61 Å². The van der Waals surface area contributed by atoms with Crippen molar-refractivity contribution in [3.8, 4) is 5.75 Å². The van der Waals surface area contributed by atoms with E-state index < -0.39 is 0 Å². The highest BCUT2D eigenvalue weighted by Crippen LogP contribution is 2.37. The quantitative estimate of drug-likeness (QED) is 0.596. The van der Waals surface area contributed by atoms with Crippen molar-refractivity contribution in [1.82, 2.24) is 0 Å². The second-order valence-corrected chi connectivity index (χ2v) is 6.11. The van der Waals surface area contributed by atoms with Crippen LogP contribution in [-0.2, 0) is 18.0 Å². The fourth-order valence-corrected chi connectivity index (χ4v) is 2.83. The van der Waals surface area contributed by atoms with E-state index in [1.165, 1.54) is 0 Å². The second-order valence-electron chi connectivity index (χ2n) is 5.73. The number of rotatable bonds is 7. The Hall–Kier alpha value is -1.77. The molecule has 0 fully saturated rings. The lowest BCUT2D eigenvalue weighted by Gasteiger charge is -2.19. The first-order chi connectivity index (χ1) is 11.6. The van der Waals surface area contributed by atoms with Gasteiger partial charge in [-0.15, -0.1) is 0 Å². The first kappa shape index (κ1) is 18.6.